The first-order valence-electron chi connectivity index (χ1n) is 8.16. The predicted octanol–water partition coefficient (Wildman–Crippen LogP) is 3.47. The smallest absolute Gasteiger partial charge is 0.252 e. The van der Waals surface area contributed by atoms with Gasteiger partial charge in [-0.2, -0.15) is 0 Å². The molecule has 128 valence electrons. The topological polar surface area (TPSA) is 62.0 Å². The van der Waals surface area contributed by atoms with Crippen molar-refractivity contribution in [2.45, 2.75) is 25.8 Å². The molecule has 0 aliphatic heterocycles. The van der Waals surface area contributed by atoms with E-state index in [9.17, 15) is 9.59 Å². The van der Waals surface area contributed by atoms with Crippen molar-refractivity contribution in [3.63, 3.8) is 0 Å². The lowest BCUT2D eigenvalue weighted by Gasteiger charge is -2.14. The summed E-state index contributed by atoms with van der Waals surface area (Å²) in [5.41, 5.74) is 2.11. The quantitative estimate of drug-likeness (QED) is 0.737. The Labute approximate surface area is 150 Å². The van der Waals surface area contributed by atoms with Crippen molar-refractivity contribution in [2.24, 2.45) is 0 Å². The monoisotopic (exact) mass is 354 g/mol. The molecule has 1 heterocycles. The van der Waals surface area contributed by atoms with E-state index < -0.39 is 0 Å². The number of nitrogens with one attached hydrogen (secondary N) is 2. The van der Waals surface area contributed by atoms with Crippen LogP contribution < -0.4 is 10.9 Å². The van der Waals surface area contributed by atoms with Gasteiger partial charge in [0.15, 0.2) is 0 Å². The van der Waals surface area contributed by atoms with Crippen molar-refractivity contribution >= 4 is 28.4 Å². The van der Waals surface area contributed by atoms with Gasteiger partial charge in [0, 0.05) is 22.1 Å². The number of benzene rings is 2. The number of para-hydroxylation sites is 1. The van der Waals surface area contributed by atoms with E-state index in [4.69, 9.17) is 11.6 Å². The minimum absolute atomic E-state index is 0.0341. The second-order valence-electron chi connectivity index (χ2n) is 6.19. The molecule has 0 saturated carbocycles. The number of hydrogen-bond donors (Lipinski definition) is 2. The van der Waals surface area contributed by atoms with Crippen LogP contribution in [-0.2, 0) is 17.6 Å². The van der Waals surface area contributed by atoms with E-state index >= 15 is 0 Å². The van der Waals surface area contributed by atoms with Gasteiger partial charge < -0.3 is 10.3 Å². The normalized spacial score (nSPS) is 12.1. The van der Waals surface area contributed by atoms with E-state index in [0.29, 0.717) is 17.0 Å². The third-order valence-electron chi connectivity index (χ3n) is 4.04. The molecule has 2 N–H and O–H groups in total. The Morgan fingerprint density at radius 2 is 1.88 bits per heavy atom. The number of carbonyl (C=O) groups is 1. The molecule has 0 saturated heterocycles. The Bertz CT molecular complexity index is 948. The number of pyridine rings is 1. The van der Waals surface area contributed by atoms with Crippen molar-refractivity contribution < 1.29 is 4.79 Å². The molecule has 1 atom stereocenters. The van der Waals surface area contributed by atoms with Crippen LogP contribution in [0, 0.1) is 0 Å². The van der Waals surface area contributed by atoms with E-state index in [2.05, 4.69) is 10.3 Å². The van der Waals surface area contributed by atoms with Crippen LogP contribution in [-0.4, -0.2) is 16.9 Å². The van der Waals surface area contributed by atoms with E-state index in [1.165, 1.54) is 0 Å². The molecule has 0 aliphatic carbocycles. The average molecular weight is 355 g/mol. The van der Waals surface area contributed by atoms with E-state index in [-0.39, 0.29) is 23.9 Å². The molecule has 1 aromatic heterocycles. The highest BCUT2D eigenvalue weighted by Gasteiger charge is 2.12. The van der Waals surface area contributed by atoms with Crippen molar-refractivity contribution in [3.8, 4) is 0 Å². The standard InChI is InChI=1S/C20H19ClN2O2/c1-13(10-14-6-8-17(21)9-7-14)22-19(24)12-16-11-15-4-2-3-5-18(15)23-20(16)25/h2-9,11,13H,10,12H2,1H3,(H,22,24)(H,23,25)/t13-/m0/s1. The lowest BCUT2D eigenvalue weighted by Crippen LogP contribution is -2.36. The highest BCUT2D eigenvalue weighted by Crippen LogP contribution is 2.12. The number of rotatable bonds is 5. The first-order valence-corrected chi connectivity index (χ1v) is 8.54. The number of halogens is 1. The zero-order chi connectivity index (χ0) is 17.8. The number of aromatic amines is 1. The largest absolute Gasteiger partial charge is 0.353 e. The summed E-state index contributed by atoms with van der Waals surface area (Å²) in [7, 11) is 0. The van der Waals surface area contributed by atoms with Gasteiger partial charge in [-0.3, -0.25) is 9.59 Å². The van der Waals surface area contributed by atoms with Gasteiger partial charge in [0.05, 0.1) is 6.42 Å². The highest BCUT2D eigenvalue weighted by molar-refractivity contribution is 6.30. The van der Waals surface area contributed by atoms with Gasteiger partial charge in [0.25, 0.3) is 5.56 Å². The molecule has 1 amide bonds. The molecule has 3 aromatic rings. The van der Waals surface area contributed by atoms with Crippen LogP contribution in [0.2, 0.25) is 5.02 Å². The Hall–Kier alpha value is -2.59. The number of H-pyrrole nitrogens is 1. The molecule has 25 heavy (non-hydrogen) atoms. The SMILES string of the molecule is C[C@@H](Cc1ccc(Cl)cc1)NC(=O)Cc1cc2ccccc2[nH]c1=O. The molecule has 5 heteroatoms. The second-order valence-corrected chi connectivity index (χ2v) is 6.62. The van der Waals surface area contributed by atoms with E-state index in [0.717, 1.165) is 16.5 Å². The van der Waals surface area contributed by atoms with Crippen LogP contribution in [0.4, 0.5) is 0 Å². The van der Waals surface area contributed by atoms with Crippen molar-refractivity contribution in [1.82, 2.24) is 10.3 Å². The highest BCUT2D eigenvalue weighted by atomic mass is 35.5. The maximum atomic E-state index is 12.3. The van der Waals surface area contributed by atoms with Gasteiger partial charge in [-0.05, 0) is 48.6 Å². The summed E-state index contributed by atoms with van der Waals surface area (Å²) in [6.07, 6.45) is 0.766. The fourth-order valence-electron chi connectivity index (χ4n) is 2.85. The summed E-state index contributed by atoms with van der Waals surface area (Å²) in [4.78, 5) is 27.2. The van der Waals surface area contributed by atoms with Crippen LogP contribution in [0.1, 0.15) is 18.1 Å². The minimum atomic E-state index is -0.223. The minimum Gasteiger partial charge on any atom is -0.353 e. The van der Waals surface area contributed by atoms with Gasteiger partial charge in [-0.1, -0.05) is 41.9 Å². The molecule has 0 spiro atoms. The van der Waals surface area contributed by atoms with Gasteiger partial charge in [-0.15, -0.1) is 0 Å². The number of hydrogen-bond acceptors (Lipinski definition) is 2. The third-order valence-corrected chi connectivity index (χ3v) is 4.30. The predicted molar refractivity (Wildman–Crippen MR) is 101 cm³/mol. The van der Waals surface area contributed by atoms with Gasteiger partial charge in [0.1, 0.15) is 0 Å². The summed E-state index contributed by atoms with van der Waals surface area (Å²) in [5, 5.41) is 4.55. The third kappa shape index (κ3) is 4.48. The number of carbonyl (C=O) groups excluding carboxylic acids is 1. The van der Waals surface area contributed by atoms with E-state index in [1.54, 1.807) is 6.07 Å². The van der Waals surface area contributed by atoms with Crippen LogP contribution in [0.25, 0.3) is 10.9 Å². The molecular formula is C20H19ClN2O2. The number of fused-ring (bicyclic) bond motifs is 1. The molecular weight excluding hydrogens is 336 g/mol. The zero-order valence-electron chi connectivity index (χ0n) is 13.9. The Kier molecular flexibility index (Phi) is 5.19. The summed E-state index contributed by atoms with van der Waals surface area (Å²) in [5.74, 6) is -0.165. The average Bonchev–Trinajstić information content (AvgIpc) is 2.57. The van der Waals surface area contributed by atoms with Crippen molar-refractivity contribution in [2.75, 3.05) is 0 Å². The Morgan fingerprint density at radius 3 is 2.64 bits per heavy atom. The summed E-state index contributed by atoms with van der Waals surface area (Å²) < 4.78 is 0. The molecule has 0 unspecified atom stereocenters. The maximum Gasteiger partial charge on any atom is 0.252 e. The zero-order valence-corrected chi connectivity index (χ0v) is 14.6. The second kappa shape index (κ2) is 7.53. The molecule has 4 nitrogen and oxygen atoms in total. The van der Waals surface area contributed by atoms with Gasteiger partial charge >= 0.3 is 0 Å². The molecule has 0 radical (unpaired) electrons. The van der Waals surface area contributed by atoms with Crippen LogP contribution >= 0.6 is 11.6 Å². The molecule has 3 rings (SSSR count). The lowest BCUT2D eigenvalue weighted by molar-refractivity contribution is -0.121. The molecule has 0 bridgehead atoms. The van der Waals surface area contributed by atoms with Gasteiger partial charge in [-0.25, -0.2) is 0 Å². The van der Waals surface area contributed by atoms with Crippen LogP contribution in [0.5, 0.6) is 0 Å². The summed E-state index contributed by atoms with van der Waals surface area (Å²) in [6.45, 7) is 1.94. The van der Waals surface area contributed by atoms with E-state index in [1.807, 2.05) is 55.5 Å². The van der Waals surface area contributed by atoms with Crippen molar-refractivity contribution in [1.29, 1.82) is 0 Å². The van der Waals surface area contributed by atoms with Crippen LogP contribution in [0.15, 0.2) is 59.4 Å². The molecule has 0 aliphatic rings. The fourth-order valence-corrected chi connectivity index (χ4v) is 2.97. The Morgan fingerprint density at radius 1 is 1.16 bits per heavy atom. The maximum absolute atomic E-state index is 12.3. The fraction of sp³-hybridized carbons (Fsp3) is 0.200. The summed E-state index contributed by atoms with van der Waals surface area (Å²) in [6, 6.07) is 16.8. The number of amides is 1. The first kappa shape index (κ1) is 17.2. The number of aromatic nitrogens is 1. The first-order chi connectivity index (χ1) is 12.0. The lowest BCUT2D eigenvalue weighted by atomic mass is 10.1. The van der Waals surface area contributed by atoms with Crippen LogP contribution in [0.3, 0.4) is 0 Å². The summed E-state index contributed by atoms with van der Waals surface area (Å²) >= 11 is 5.88. The van der Waals surface area contributed by atoms with Crippen molar-refractivity contribution in [3.05, 3.63) is 81.1 Å². The Balaban J connectivity index is 1.65. The molecule has 2 aromatic carbocycles. The van der Waals surface area contributed by atoms with Gasteiger partial charge in [0.2, 0.25) is 5.91 Å². The molecule has 0 fully saturated rings.